The summed E-state index contributed by atoms with van der Waals surface area (Å²) in [6, 6.07) is 2.74. The summed E-state index contributed by atoms with van der Waals surface area (Å²) in [6.45, 7) is 0. The Morgan fingerprint density at radius 2 is 1.81 bits per heavy atom. The lowest BCUT2D eigenvalue weighted by Crippen LogP contribution is -2.39. The minimum Gasteiger partial charge on any atom is -0.478 e. The number of rotatable bonds is 4. The fraction of sp³-hybridized carbons (Fsp3) is 0.286. The number of carboxylic acids is 1. The van der Waals surface area contributed by atoms with Crippen molar-refractivity contribution in [2.45, 2.75) is 24.9 Å². The predicted octanol–water partition coefficient (Wildman–Crippen LogP) is 3.70. The van der Waals surface area contributed by atoms with Crippen LogP contribution in [0.4, 0.5) is 4.39 Å². The van der Waals surface area contributed by atoms with E-state index in [0.29, 0.717) is 24.5 Å². The van der Waals surface area contributed by atoms with Crippen LogP contribution in [0.2, 0.25) is 10.0 Å². The van der Waals surface area contributed by atoms with E-state index in [-0.39, 0.29) is 10.0 Å². The van der Waals surface area contributed by atoms with Crippen molar-refractivity contribution in [1.82, 2.24) is 0 Å². The smallest absolute Gasteiger partial charge is 0.331 e. The molecule has 0 amide bonds. The fourth-order valence-corrected chi connectivity index (χ4v) is 2.62. The molecule has 7 heteroatoms. The van der Waals surface area contributed by atoms with Crippen LogP contribution < -0.4 is 0 Å². The molecule has 2 rings (SSSR count). The van der Waals surface area contributed by atoms with E-state index in [4.69, 9.17) is 33.0 Å². The zero-order valence-corrected chi connectivity index (χ0v) is 12.2. The monoisotopic (exact) mass is 332 g/mol. The van der Waals surface area contributed by atoms with Gasteiger partial charge in [-0.3, -0.25) is 0 Å². The number of hydrogen-bond donors (Lipinski definition) is 1. The molecular formula is C14H11Cl2FO4. The maximum Gasteiger partial charge on any atom is 0.331 e. The predicted molar refractivity (Wildman–Crippen MR) is 74.8 cm³/mol. The van der Waals surface area contributed by atoms with Gasteiger partial charge >= 0.3 is 11.9 Å². The van der Waals surface area contributed by atoms with Gasteiger partial charge in [-0.05, 0) is 37.0 Å². The second-order valence-electron chi connectivity index (χ2n) is 4.69. The molecule has 1 N–H and O–H groups in total. The average Bonchev–Trinajstić information content (AvgIpc) is 2.37. The summed E-state index contributed by atoms with van der Waals surface area (Å²) in [4.78, 5) is 22.0. The van der Waals surface area contributed by atoms with Crippen molar-refractivity contribution in [3.63, 3.8) is 0 Å². The molecule has 1 aliphatic rings. The van der Waals surface area contributed by atoms with Crippen LogP contribution in [-0.4, -0.2) is 17.0 Å². The first-order valence-electron chi connectivity index (χ1n) is 6.13. The number of carbonyl (C=O) groups excluding carboxylic acids is 1. The third-order valence-corrected chi connectivity index (χ3v) is 3.88. The highest BCUT2D eigenvalue weighted by Crippen LogP contribution is 2.46. The zero-order chi connectivity index (χ0) is 15.6. The van der Waals surface area contributed by atoms with Crippen LogP contribution in [0.3, 0.4) is 0 Å². The summed E-state index contributed by atoms with van der Waals surface area (Å²) in [5, 5.41) is 8.18. The molecule has 0 radical (unpaired) electrons. The Bertz CT molecular complexity index is 600. The zero-order valence-electron chi connectivity index (χ0n) is 10.7. The van der Waals surface area contributed by atoms with E-state index in [1.54, 1.807) is 0 Å². The van der Waals surface area contributed by atoms with E-state index in [2.05, 4.69) is 0 Å². The number of halogens is 3. The molecule has 0 atom stereocenters. The Morgan fingerprint density at radius 3 is 2.24 bits per heavy atom. The van der Waals surface area contributed by atoms with Crippen molar-refractivity contribution >= 4 is 35.1 Å². The van der Waals surface area contributed by atoms with E-state index in [9.17, 15) is 14.0 Å². The van der Waals surface area contributed by atoms with Crippen LogP contribution in [0, 0.1) is 5.82 Å². The fourth-order valence-electron chi connectivity index (χ4n) is 2.13. The highest BCUT2D eigenvalue weighted by atomic mass is 35.5. The Morgan fingerprint density at radius 1 is 1.24 bits per heavy atom. The Labute approximate surface area is 130 Å². The summed E-state index contributed by atoms with van der Waals surface area (Å²) in [6.07, 6.45) is 3.42. The third kappa shape index (κ3) is 3.36. The summed E-state index contributed by atoms with van der Waals surface area (Å²) in [7, 11) is 0. The van der Waals surface area contributed by atoms with Crippen LogP contribution in [0.1, 0.15) is 24.8 Å². The van der Waals surface area contributed by atoms with E-state index in [1.807, 2.05) is 0 Å². The molecule has 1 aliphatic carbocycles. The van der Waals surface area contributed by atoms with Gasteiger partial charge in [-0.25, -0.2) is 14.0 Å². The van der Waals surface area contributed by atoms with Gasteiger partial charge in [0.1, 0.15) is 5.60 Å². The molecular weight excluding hydrogens is 322 g/mol. The van der Waals surface area contributed by atoms with Crippen molar-refractivity contribution in [3.8, 4) is 0 Å². The summed E-state index contributed by atoms with van der Waals surface area (Å²) < 4.78 is 18.8. The maximum atomic E-state index is 13.4. The van der Waals surface area contributed by atoms with Crippen LogP contribution in [0.15, 0.2) is 24.3 Å². The van der Waals surface area contributed by atoms with Gasteiger partial charge in [-0.2, -0.15) is 0 Å². The summed E-state index contributed by atoms with van der Waals surface area (Å²) in [5.41, 5.74) is -0.428. The number of benzene rings is 1. The first-order valence-corrected chi connectivity index (χ1v) is 6.89. The third-order valence-electron chi connectivity index (χ3n) is 3.33. The van der Waals surface area contributed by atoms with E-state index >= 15 is 0 Å². The number of hydrogen-bond acceptors (Lipinski definition) is 3. The number of ether oxygens (including phenoxy) is 1. The molecule has 0 spiro atoms. The molecule has 0 bridgehead atoms. The van der Waals surface area contributed by atoms with E-state index < -0.39 is 23.4 Å². The van der Waals surface area contributed by atoms with Gasteiger partial charge < -0.3 is 9.84 Å². The topological polar surface area (TPSA) is 63.6 Å². The molecule has 21 heavy (non-hydrogen) atoms. The molecule has 0 heterocycles. The molecule has 0 unspecified atom stereocenters. The van der Waals surface area contributed by atoms with E-state index in [0.717, 1.165) is 12.5 Å². The minimum atomic E-state index is -1.25. The first-order chi connectivity index (χ1) is 9.84. The number of carboxylic acid groups (broad SMARTS) is 1. The summed E-state index contributed by atoms with van der Waals surface area (Å²) >= 11 is 11.5. The molecule has 1 saturated carbocycles. The largest absolute Gasteiger partial charge is 0.478 e. The van der Waals surface area contributed by atoms with Crippen LogP contribution in [0.25, 0.3) is 0 Å². The van der Waals surface area contributed by atoms with Gasteiger partial charge in [-0.1, -0.05) is 23.2 Å². The number of carbonyl (C=O) groups is 2. The summed E-state index contributed by atoms with van der Waals surface area (Å²) in [5.74, 6) is -2.76. The molecule has 1 aromatic carbocycles. The second kappa shape index (κ2) is 6.03. The highest BCUT2D eigenvalue weighted by Gasteiger charge is 2.43. The van der Waals surface area contributed by atoms with Crippen LogP contribution >= 0.6 is 23.2 Å². The molecule has 4 nitrogen and oxygen atoms in total. The molecule has 0 aliphatic heterocycles. The maximum absolute atomic E-state index is 13.4. The Kier molecular flexibility index (Phi) is 4.54. The Hall–Kier alpha value is -1.59. The number of esters is 1. The minimum absolute atomic E-state index is 0.152. The molecule has 0 saturated heterocycles. The van der Waals surface area contributed by atoms with Gasteiger partial charge in [0, 0.05) is 12.2 Å². The lowest BCUT2D eigenvalue weighted by molar-refractivity contribution is -0.165. The molecule has 1 fully saturated rings. The SMILES string of the molecule is O=C(O)/C=C/C(=O)OC1(c2cc(Cl)c(F)c(Cl)c2)CCC1. The molecule has 112 valence electrons. The van der Waals surface area contributed by atoms with Crippen molar-refractivity contribution in [2.75, 3.05) is 0 Å². The van der Waals surface area contributed by atoms with Crippen molar-refractivity contribution in [2.24, 2.45) is 0 Å². The van der Waals surface area contributed by atoms with Gasteiger partial charge in [0.05, 0.1) is 10.0 Å². The van der Waals surface area contributed by atoms with Gasteiger partial charge in [-0.15, -0.1) is 0 Å². The van der Waals surface area contributed by atoms with Crippen LogP contribution in [0.5, 0.6) is 0 Å². The average molecular weight is 333 g/mol. The lowest BCUT2D eigenvalue weighted by atomic mass is 9.75. The Balaban J connectivity index is 2.26. The van der Waals surface area contributed by atoms with Gasteiger partial charge in [0.15, 0.2) is 5.82 Å². The molecule has 0 aromatic heterocycles. The molecule has 1 aromatic rings. The first kappa shape index (κ1) is 15.8. The van der Waals surface area contributed by atoms with Crippen LogP contribution in [-0.2, 0) is 19.9 Å². The quantitative estimate of drug-likeness (QED) is 0.518. The van der Waals surface area contributed by atoms with Gasteiger partial charge in [0.2, 0.25) is 0 Å². The second-order valence-corrected chi connectivity index (χ2v) is 5.51. The normalized spacial score (nSPS) is 16.5. The van der Waals surface area contributed by atoms with Gasteiger partial charge in [0.25, 0.3) is 0 Å². The highest BCUT2D eigenvalue weighted by molar-refractivity contribution is 6.35. The van der Waals surface area contributed by atoms with Crippen molar-refractivity contribution < 1.29 is 23.8 Å². The number of aliphatic carboxylic acids is 1. The van der Waals surface area contributed by atoms with Crippen molar-refractivity contribution in [1.29, 1.82) is 0 Å². The van der Waals surface area contributed by atoms with Crippen molar-refractivity contribution in [3.05, 3.63) is 45.7 Å². The lowest BCUT2D eigenvalue weighted by Gasteiger charge is -2.41. The van der Waals surface area contributed by atoms with E-state index in [1.165, 1.54) is 12.1 Å². The standard InChI is InChI=1S/C14H11Cl2FO4/c15-9-6-8(7-10(16)13(9)17)14(4-1-5-14)21-12(20)3-2-11(18)19/h2-3,6-7H,1,4-5H2,(H,18,19)/b3-2+.